The maximum absolute atomic E-state index is 5.98. The van der Waals surface area contributed by atoms with Crippen molar-refractivity contribution < 1.29 is 0 Å². The van der Waals surface area contributed by atoms with E-state index < -0.39 is 0 Å². The molecule has 5 nitrogen and oxygen atoms in total. The van der Waals surface area contributed by atoms with E-state index in [0.29, 0.717) is 11.4 Å². The summed E-state index contributed by atoms with van der Waals surface area (Å²) in [6.07, 6.45) is 2.23. The van der Waals surface area contributed by atoms with Gasteiger partial charge in [0, 0.05) is 18.0 Å². The second kappa shape index (κ2) is 5.95. The van der Waals surface area contributed by atoms with E-state index in [2.05, 4.69) is 15.5 Å². The van der Waals surface area contributed by atoms with Crippen LogP contribution in [0.3, 0.4) is 0 Å². The number of halogens is 1. The van der Waals surface area contributed by atoms with E-state index in [9.17, 15) is 0 Å². The third-order valence-corrected chi connectivity index (χ3v) is 3.07. The third-order valence-electron chi connectivity index (χ3n) is 2.83. The van der Waals surface area contributed by atoms with Crippen LogP contribution in [0, 0.1) is 0 Å². The van der Waals surface area contributed by atoms with Gasteiger partial charge in [0.15, 0.2) is 0 Å². The molecule has 0 amide bonds. The highest BCUT2D eigenvalue weighted by atomic mass is 35.5. The summed E-state index contributed by atoms with van der Waals surface area (Å²) in [5.41, 5.74) is 3.83. The smallest absolute Gasteiger partial charge is 0.138 e. The van der Waals surface area contributed by atoms with Crippen molar-refractivity contribution in [2.45, 2.75) is 25.9 Å². The van der Waals surface area contributed by atoms with Crippen molar-refractivity contribution in [3.8, 4) is 0 Å². The second-order valence-electron chi connectivity index (χ2n) is 3.97. The molecule has 1 aromatic heterocycles. The average Bonchev–Trinajstić information content (AvgIpc) is 2.83. The molecule has 0 aliphatic heterocycles. The predicted molar refractivity (Wildman–Crippen MR) is 70.9 cm³/mol. The van der Waals surface area contributed by atoms with Gasteiger partial charge in [-0.1, -0.05) is 23.7 Å². The first kappa shape index (κ1) is 13.0. The molecule has 1 heterocycles. The largest absolute Gasteiger partial charge is 0.271 e. The molecule has 3 N–H and O–H groups in total. The van der Waals surface area contributed by atoms with Gasteiger partial charge < -0.3 is 0 Å². The van der Waals surface area contributed by atoms with Gasteiger partial charge in [0.25, 0.3) is 0 Å². The molecular formula is C12H16ClN5. The van der Waals surface area contributed by atoms with E-state index in [0.717, 1.165) is 17.9 Å². The van der Waals surface area contributed by atoms with Gasteiger partial charge in [-0.3, -0.25) is 16.0 Å². The molecule has 1 atom stereocenters. The van der Waals surface area contributed by atoms with Gasteiger partial charge in [-0.2, -0.15) is 5.10 Å². The van der Waals surface area contributed by atoms with Crippen LogP contribution in [-0.2, 0) is 13.0 Å². The molecule has 0 aliphatic rings. The SMILES string of the molecule is CCn1ncnc1CC(NN)c1cccc(Cl)c1. The minimum absolute atomic E-state index is 0.0294. The number of nitrogens with two attached hydrogens (primary N) is 1. The monoisotopic (exact) mass is 265 g/mol. The Morgan fingerprint density at radius 3 is 3.00 bits per heavy atom. The number of hydrogen-bond donors (Lipinski definition) is 2. The summed E-state index contributed by atoms with van der Waals surface area (Å²) in [5.74, 6) is 6.52. The van der Waals surface area contributed by atoms with Crippen molar-refractivity contribution >= 4 is 11.6 Å². The van der Waals surface area contributed by atoms with Gasteiger partial charge >= 0.3 is 0 Å². The van der Waals surface area contributed by atoms with Crippen LogP contribution in [-0.4, -0.2) is 14.8 Å². The molecule has 96 valence electrons. The first-order valence-electron chi connectivity index (χ1n) is 5.83. The summed E-state index contributed by atoms with van der Waals surface area (Å²) in [4.78, 5) is 4.25. The summed E-state index contributed by atoms with van der Waals surface area (Å²) < 4.78 is 1.86. The van der Waals surface area contributed by atoms with E-state index in [1.165, 1.54) is 0 Å². The number of nitrogens with one attached hydrogen (secondary N) is 1. The predicted octanol–water partition coefficient (Wildman–Crippen LogP) is 1.70. The zero-order chi connectivity index (χ0) is 13.0. The summed E-state index contributed by atoms with van der Waals surface area (Å²) in [7, 11) is 0. The summed E-state index contributed by atoms with van der Waals surface area (Å²) in [6, 6.07) is 7.61. The third kappa shape index (κ3) is 2.87. The number of aryl methyl sites for hydroxylation is 1. The number of hydrogen-bond acceptors (Lipinski definition) is 4. The Hall–Kier alpha value is -1.43. The average molecular weight is 266 g/mol. The fourth-order valence-corrected chi connectivity index (χ4v) is 2.09. The van der Waals surface area contributed by atoms with E-state index >= 15 is 0 Å². The van der Waals surface area contributed by atoms with Crippen molar-refractivity contribution in [3.05, 3.63) is 47.0 Å². The molecule has 0 radical (unpaired) electrons. The van der Waals surface area contributed by atoms with E-state index in [1.54, 1.807) is 6.33 Å². The van der Waals surface area contributed by atoms with Gasteiger partial charge in [0.1, 0.15) is 12.2 Å². The number of nitrogens with zero attached hydrogens (tertiary/aromatic N) is 3. The minimum Gasteiger partial charge on any atom is -0.271 e. The van der Waals surface area contributed by atoms with Crippen molar-refractivity contribution in [3.63, 3.8) is 0 Å². The summed E-state index contributed by atoms with van der Waals surface area (Å²) in [5, 5.41) is 4.84. The molecule has 0 aliphatic carbocycles. The van der Waals surface area contributed by atoms with E-state index in [1.807, 2.05) is 35.9 Å². The lowest BCUT2D eigenvalue weighted by molar-refractivity contribution is 0.510. The summed E-state index contributed by atoms with van der Waals surface area (Å²) >= 11 is 5.98. The lowest BCUT2D eigenvalue weighted by Crippen LogP contribution is -2.30. The Bertz CT molecular complexity index is 511. The van der Waals surface area contributed by atoms with Crippen molar-refractivity contribution in [1.82, 2.24) is 20.2 Å². The Balaban J connectivity index is 2.20. The van der Waals surface area contributed by atoms with Crippen molar-refractivity contribution in [1.29, 1.82) is 0 Å². The highest BCUT2D eigenvalue weighted by Crippen LogP contribution is 2.20. The van der Waals surface area contributed by atoms with Crippen LogP contribution < -0.4 is 11.3 Å². The first-order chi connectivity index (χ1) is 8.74. The quantitative estimate of drug-likeness (QED) is 0.638. The molecule has 2 aromatic rings. The molecular weight excluding hydrogens is 250 g/mol. The molecule has 0 fully saturated rings. The van der Waals surface area contributed by atoms with E-state index in [4.69, 9.17) is 17.4 Å². The van der Waals surface area contributed by atoms with Gasteiger partial charge in [-0.05, 0) is 24.6 Å². The molecule has 0 saturated carbocycles. The highest BCUT2D eigenvalue weighted by Gasteiger charge is 2.14. The Kier molecular flexibility index (Phi) is 4.30. The minimum atomic E-state index is -0.0294. The topological polar surface area (TPSA) is 68.8 Å². The van der Waals surface area contributed by atoms with E-state index in [-0.39, 0.29) is 6.04 Å². The number of aromatic nitrogens is 3. The number of rotatable bonds is 5. The molecule has 1 unspecified atom stereocenters. The van der Waals surface area contributed by atoms with Crippen LogP contribution in [0.25, 0.3) is 0 Å². The fourth-order valence-electron chi connectivity index (χ4n) is 1.89. The Labute approximate surface area is 111 Å². The van der Waals surface area contributed by atoms with Crippen LogP contribution in [0.2, 0.25) is 5.02 Å². The van der Waals surface area contributed by atoms with Crippen LogP contribution in [0.1, 0.15) is 24.4 Å². The second-order valence-corrected chi connectivity index (χ2v) is 4.41. The standard InChI is InChI=1S/C12H16ClN5/c1-2-18-12(15-8-16-18)7-11(17-14)9-4-3-5-10(13)6-9/h3-6,8,11,17H,2,7,14H2,1H3. The van der Waals surface area contributed by atoms with Crippen LogP contribution in [0.5, 0.6) is 0 Å². The molecule has 6 heteroatoms. The fraction of sp³-hybridized carbons (Fsp3) is 0.333. The number of hydrazine groups is 1. The highest BCUT2D eigenvalue weighted by molar-refractivity contribution is 6.30. The number of benzene rings is 1. The zero-order valence-electron chi connectivity index (χ0n) is 10.2. The Morgan fingerprint density at radius 1 is 1.50 bits per heavy atom. The lowest BCUT2D eigenvalue weighted by Gasteiger charge is -2.16. The van der Waals surface area contributed by atoms with Crippen LogP contribution in [0.4, 0.5) is 0 Å². The summed E-state index contributed by atoms with van der Waals surface area (Å²) in [6.45, 7) is 2.82. The molecule has 1 aromatic carbocycles. The molecule has 18 heavy (non-hydrogen) atoms. The maximum atomic E-state index is 5.98. The Morgan fingerprint density at radius 2 is 2.33 bits per heavy atom. The zero-order valence-corrected chi connectivity index (χ0v) is 10.9. The van der Waals surface area contributed by atoms with Gasteiger partial charge in [0.05, 0.1) is 6.04 Å². The van der Waals surface area contributed by atoms with Gasteiger partial charge in [-0.15, -0.1) is 0 Å². The molecule has 0 spiro atoms. The van der Waals surface area contributed by atoms with Crippen LogP contribution >= 0.6 is 11.6 Å². The molecule has 0 saturated heterocycles. The van der Waals surface area contributed by atoms with Crippen molar-refractivity contribution in [2.75, 3.05) is 0 Å². The van der Waals surface area contributed by atoms with Crippen molar-refractivity contribution in [2.24, 2.45) is 5.84 Å². The molecule has 0 bridgehead atoms. The normalized spacial score (nSPS) is 12.6. The molecule has 2 rings (SSSR count). The van der Waals surface area contributed by atoms with Crippen LogP contribution in [0.15, 0.2) is 30.6 Å². The maximum Gasteiger partial charge on any atom is 0.138 e. The van der Waals surface area contributed by atoms with Gasteiger partial charge in [0.2, 0.25) is 0 Å². The van der Waals surface area contributed by atoms with Gasteiger partial charge in [-0.25, -0.2) is 4.98 Å². The lowest BCUT2D eigenvalue weighted by atomic mass is 10.0. The first-order valence-corrected chi connectivity index (χ1v) is 6.20.